The normalized spacial score (nSPS) is 30.3. The van der Waals surface area contributed by atoms with Crippen LogP contribution in [0.2, 0.25) is 0 Å². The molecule has 4 heteroatoms. The Balaban J connectivity index is 1.98. The summed E-state index contributed by atoms with van der Waals surface area (Å²) in [5.74, 6) is -0.401. The van der Waals surface area contributed by atoms with E-state index in [1.165, 1.54) is 19.3 Å². The summed E-state index contributed by atoms with van der Waals surface area (Å²) in [6.07, 6.45) is 6.67. The number of aliphatic carboxylic acids is 1. The number of hydrogen-bond donors (Lipinski definition) is 1. The van der Waals surface area contributed by atoms with Gasteiger partial charge in [-0.15, -0.1) is 0 Å². The van der Waals surface area contributed by atoms with E-state index >= 15 is 0 Å². The van der Waals surface area contributed by atoms with Crippen LogP contribution in [0.4, 0.5) is 0 Å². The van der Waals surface area contributed by atoms with Gasteiger partial charge in [0.25, 0.3) is 0 Å². The molecule has 1 amide bonds. The largest absolute Gasteiger partial charge is 0.480 e. The second-order valence-electron chi connectivity index (χ2n) is 6.72. The van der Waals surface area contributed by atoms with Crippen molar-refractivity contribution < 1.29 is 14.7 Å². The summed E-state index contributed by atoms with van der Waals surface area (Å²) in [6, 6.07) is -0.584. The van der Waals surface area contributed by atoms with Gasteiger partial charge in [-0.3, -0.25) is 4.79 Å². The van der Waals surface area contributed by atoms with Gasteiger partial charge < -0.3 is 10.0 Å². The Labute approximate surface area is 115 Å². The summed E-state index contributed by atoms with van der Waals surface area (Å²) in [5.41, 5.74) is 0.215. The van der Waals surface area contributed by atoms with Gasteiger partial charge in [-0.1, -0.05) is 26.7 Å². The van der Waals surface area contributed by atoms with Gasteiger partial charge in [-0.2, -0.15) is 0 Å². The van der Waals surface area contributed by atoms with Gasteiger partial charge in [-0.05, 0) is 37.0 Å². The average Bonchev–Trinajstić information content (AvgIpc) is 2.80. The van der Waals surface area contributed by atoms with Crippen molar-refractivity contribution in [3.8, 4) is 0 Å². The molecule has 2 rings (SSSR count). The van der Waals surface area contributed by atoms with E-state index in [0.29, 0.717) is 25.3 Å². The number of hydrogen-bond acceptors (Lipinski definition) is 2. The number of likely N-dealkylation sites (tertiary alicyclic amines) is 1. The number of rotatable bonds is 3. The Bertz CT molecular complexity index is 364. The molecule has 1 saturated heterocycles. The number of carbonyl (C=O) groups excluding carboxylic acids is 1. The molecular weight excluding hydrogens is 242 g/mol. The van der Waals surface area contributed by atoms with E-state index in [1.807, 2.05) is 0 Å². The van der Waals surface area contributed by atoms with Crippen LogP contribution >= 0.6 is 0 Å². The van der Waals surface area contributed by atoms with Crippen LogP contribution in [0.3, 0.4) is 0 Å². The Morgan fingerprint density at radius 1 is 1.21 bits per heavy atom. The van der Waals surface area contributed by atoms with E-state index < -0.39 is 12.0 Å². The lowest BCUT2D eigenvalue weighted by molar-refractivity contribution is -0.149. The van der Waals surface area contributed by atoms with Crippen LogP contribution in [0.15, 0.2) is 0 Å². The number of amides is 1. The van der Waals surface area contributed by atoms with Gasteiger partial charge in [0.2, 0.25) is 5.91 Å². The molecule has 0 radical (unpaired) electrons. The third-order valence-electron chi connectivity index (χ3n) is 5.01. The summed E-state index contributed by atoms with van der Waals surface area (Å²) >= 11 is 0. The molecule has 2 fully saturated rings. The van der Waals surface area contributed by atoms with Gasteiger partial charge >= 0.3 is 5.97 Å². The molecule has 0 aromatic carbocycles. The van der Waals surface area contributed by atoms with Crippen LogP contribution < -0.4 is 0 Å². The molecule has 2 aliphatic rings. The predicted octanol–water partition coefficient (Wildman–Crippen LogP) is 2.67. The Hall–Kier alpha value is -1.06. The van der Waals surface area contributed by atoms with Crippen molar-refractivity contribution in [2.75, 3.05) is 6.54 Å². The van der Waals surface area contributed by atoms with Crippen molar-refractivity contribution >= 4 is 11.9 Å². The molecule has 0 bridgehead atoms. The van der Waals surface area contributed by atoms with Gasteiger partial charge in [-0.25, -0.2) is 4.79 Å². The molecule has 4 nitrogen and oxygen atoms in total. The fourth-order valence-corrected chi connectivity index (χ4v) is 3.59. The van der Waals surface area contributed by atoms with Crippen molar-refractivity contribution in [3.63, 3.8) is 0 Å². The minimum atomic E-state index is -0.853. The van der Waals surface area contributed by atoms with Crippen LogP contribution in [-0.2, 0) is 9.59 Å². The Morgan fingerprint density at radius 3 is 2.58 bits per heavy atom. The van der Waals surface area contributed by atoms with Crippen molar-refractivity contribution in [3.05, 3.63) is 0 Å². The number of nitrogens with zero attached hydrogens (tertiary/aromatic N) is 1. The van der Waals surface area contributed by atoms with Crippen molar-refractivity contribution in [1.82, 2.24) is 4.90 Å². The quantitative estimate of drug-likeness (QED) is 0.855. The van der Waals surface area contributed by atoms with E-state index in [2.05, 4.69) is 13.8 Å². The minimum Gasteiger partial charge on any atom is -0.480 e. The molecule has 1 unspecified atom stereocenters. The zero-order valence-electron chi connectivity index (χ0n) is 12.0. The molecule has 1 aliphatic heterocycles. The summed E-state index contributed by atoms with van der Waals surface area (Å²) in [7, 11) is 0. The zero-order chi connectivity index (χ0) is 14.0. The fourth-order valence-electron chi connectivity index (χ4n) is 3.59. The van der Waals surface area contributed by atoms with Crippen LogP contribution in [0.5, 0.6) is 0 Å². The van der Waals surface area contributed by atoms with E-state index in [0.717, 1.165) is 12.8 Å². The van der Waals surface area contributed by atoms with Crippen LogP contribution in [-0.4, -0.2) is 34.5 Å². The topological polar surface area (TPSA) is 57.6 Å². The second-order valence-corrected chi connectivity index (χ2v) is 6.72. The molecule has 0 aromatic heterocycles. The SMILES string of the molecule is CC1(C)CCCCC1CC(=O)N1CCC[C@H]1C(=O)O. The molecule has 1 heterocycles. The van der Waals surface area contributed by atoms with E-state index in [-0.39, 0.29) is 11.3 Å². The molecule has 0 aromatic rings. The molecular formula is C15H25NO3. The van der Waals surface area contributed by atoms with Gasteiger partial charge in [0.15, 0.2) is 0 Å². The lowest BCUT2D eigenvalue weighted by Crippen LogP contribution is -2.42. The van der Waals surface area contributed by atoms with Crippen LogP contribution in [0, 0.1) is 11.3 Å². The minimum absolute atomic E-state index is 0.0462. The zero-order valence-corrected chi connectivity index (χ0v) is 12.0. The highest BCUT2D eigenvalue weighted by molar-refractivity contribution is 5.84. The maximum absolute atomic E-state index is 12.4. The molecule has 1 saturated carbocycles. The first kappa shape index (κ1) is 14.4. The Morgan fingerprint density at radius 2 is 1.95 bits per heavy atom. The van der Waals surface area contributed by atoms with Gasteiger partial charge in [0, 0.05) is 13.0 Å². The predicted molar refractivity (Wildman–Crippen MR) is 72.7 cm³/mol. The molecule has 1 N–H and O–H groups in total. The lowest BCUT2D eigenvalue weighted by atomic mass is 9.67. The monoisotopic (exact) mass is 267 g/mol. The highest BCUT2D eigenvalue weighted by atomic mass is 16.4. The van der Waals surface area contributed by atoms with E-state index in [1.54, 1.807) is 4.90 Å². The van der Waals surface area contributed by atoms with Gasteiger partial charge in [0.1, 0.15) is 6.04 Å². The molecule has 108 valence electrons. The smallest absolute Gasteiger partial charge is 0.326 e. The van der Waals surface area contributed by atoms with Crippen molar-refractivity contribution in [2.45, 2.75) is 64.8 Å². The summed E-state index contributed by atoms with van der Waals surface area (Å²) < 4.78 is 0. The van der Waals surface area contributed by atoms with Crippen molar-refractivity contribution in [2.24, 2.45) is 11.3 Å². The first-order valence-electron chi connectivity index (χ1n) is 7.44. The van der Waals surface area contributed by atoms with Crippen molar-refractivity contribution in [1.29, 1.82) is 0 Å². The van der Waals surface area contributed by atoms with Crippen LogP contribution in [0.1, 0.15) is 58.8 Å². The van der Waals surface area contributed by atoms with Gasteiger partial charge in [0.05, 0.1) is 0 Å². The second kappa shape index (κ2) is 5.51. The fraction of sp³-hybridized carbons (Fsp3) is 0.867. The molecule has 0 spiro atoms. The summed E-state index contributed by atoms with van der Waals surface area (Å²) in [5, 5.41) is 9.15. The molecule has 1 aliphatic carbocycles. The maximum Gasteiger partial charge on any atom is 0.326 e. The first-order valence-corrected chi connectivity index (χ1v) is 7.44. The lowest BCUT2D eigenvalue weighted by Gasteiger charge is -2.39. The van der Waals surface area contributed by atoms with E-state index in [4.69, 9.17) is 5.11 Å². The number of carbonyl (C=O) groups is 2. The molecule has 19 heavy (non-hydrogen) atoms. The Kier molecular flexibility index (Phi) is 4.16. The van der Waals surface area contributed by atoms with Crippen LogP contribution in [0.25, 0.3) is 0 Å². The summed E-state index contributed by atoms with van der Waals surface area (Å²) in [4.78, 5) is 25.1. The molecule has 2 atom stereocenters. The third-order valence-corrected chi connectivity index (χ3v) is 5.01. The highest BCUT2D eigenvalue weighted by Gasteiger charge is 2.38. The van der Waals surface area contributed by atoms with E-state index in [9.17, 15) is 9.59 Å². The standard InChI is InChI=1S/C15H25NO3/c1-15(2)8-4-3-6-11(15)10-13(17)16-9-5-7-12(16)14(18)19/h11-12H,3-10H2,1-2H3,(H,18,19)/t11?,12-/m0/s1. The average molecular weight is 267 g/mol. The highest BCUT2D eigenvalue weighted by Crippen LogP contribution is 2.42. The first-order chi connectivity index (χ1) is 8.92. The number of carboxylic acid groups (broad SMARTS) is 1. The summed E-state index contributed by atoms with van der Waals surface area (Å²) in [6.45, 7) is 5.09. The third kappa shape index (κ3) is 3.10. The maximum atomic E-state index is 12.4. The number of carboxylic acids is 1.